The zero-order valence-corrected chi connectivity index (χ0v) is 12.7. The van der Waals surface area contributed by atoms with Crippen LogP contribution >= 0.6 is 0 Å². The highest BCUT2D eigenvalue weighted by Gasteiger charge is 2.12. The molecular formula is C17H22N4. The van der Waals surface area contributed by atoms with E-state index in [1.165, 1.54) is 30.4 Å². The Morgan fingerprint density at radius 1 is 1.10 bits per heavy atom. The molecule has 0 aliphatic heterocycles. The van der Waals surface area contributed by atoms with Crippen molar-refractivity contribution < 1.29 is 0 Å². The van der Waals surface area contributed by atoms with Crippen LogP contribution < -0.4 is 10.6 Å². The van der Waals surface area contributed by atoms with Gasteiger partial charge in [0.25, 0.3) is 0 Å². The standard InChI is InChI=1S/C17H22N4/c1-3-9-18-16-12(2)17(20-11-19-16)21-15-8-7-13-5-4-6-14(13)10-15/h7-8,10-11H,3-6,9H2,1-2H3,(H2,18,19,20,21). The van der Waals surface area contributed by atoms with Gasteiger partial charge in [-0.05, 0) is 55.9 Å². The maximum atomic E-state index is 4.37. The molecule has 0 radical (unpaired) electrons. The van der Waals surface area contributed by atoms with Crippen molar-refractivity contribution in [2.75, 3.05) is 17.2 Å². The molecule has 4 heteroatoms. The van der Waals surface area contributed by atoms with E-state index in [0.29, 0.717) is 0 Å². The van der Waals surface area contributed by atoms with Gasteiger partial charge in [0.1, 0.15) is 18.0 Å². The Labute approximate surface area is 126 Å². The highest BCUT2D eigenvalue weighted by molar-refractivity contribution is 5.65. The number of benzene rings is 1. The molecule has 3 rings (SSSR count). The van der Waals surface area contributed by atoms with Crippen LogP contribution in [0.2, 0.25) is 0 Å². The number of aryl methyl sites for hydroxylation is 2. The van der Waals surface area contributed by atoms with Crippen molar-refractivity contribution in [3.05, 3.63) is 41.2 Å². The predicted octanol–water partition coefficient (Wildman–Crippen LogP) is 3.84. The Balaban J connectivity index is 1.81. The van der Waals surface area contributed by atoms with Gasteiger partial charge < -0.3 is 10.6 Å². The highest BCUT2D eigenvalue weighted by Crippen LogP contribution is 2.27. The first kappa shape index (κ1) is 13.9. The van der Waals surface area contributed by atoms with Gasteiger partial charge in [0.05, 0.1) is 0 Å². The van der Waals surface area contributed by atoms with Crippen molar-refractivity contribution in [3.63, 3.8) is 0 Å². The van der Waals surface area contributed by atoms with Gasteiger partial charge in [-0.15, -0.1) is 0 Å². The smallest absolute Gasteiger partial charge is 0.138 e. The summed E-state index contributed by atoms with van der Waals surface area (Å²) in [7, 11) is 0. The van der Waals surface area contributed by atoms with Crippen LogP contribution in [0.4, 0.5) is 17.3 Å². The minimum Gasteiger partial charge on any atom is -0.370 e. The summed E-state index contributed by atoms with van der Waals surface area (Å²) >= 11 is 0. The topological polar surface area (TPSA) is 49.8 Å². The van der Waals surface area contributed by atoms with E-state index < -0.39 is 0 Å². The monoisotopic (exact) mass is 282 g/mol. The Morgan fingerprint density at radius 3 is 2.76 bits per heavy atom. The molecule has 0 amide bonds. The lowest BCUT2D eigenvalue weighted by Crippen LogP contribution is -2.07. The zero-order chi connectivity index (χ0) is 14.7. The number of aromatic nitrogens is 2. The first-order chi connectivity index (χ1) is 10.3. The van der Waals surface area contributed by atoms with Gasteiger partial charge in [-0.2, -0.15) is 0 Å². The van der Waals surface area contributed by atoms with E-state index in [1.54, 1.807) is 6.33 Å². The van der Waals surface area contributed by atoms with Gasteiger partial charge in [0.2, 0.25) is 0 Å². The van der Waals surface area contributed by atoms with Crippen LogP contribution in [-0.4, -0.2) is 16.5 Å². The van der Waals surface area contributed by atoms with Crippen molar-refractivity contribution in [3.8, 4) is 0 Å². The lowest BCUT2D eigenvalue weighted by atomic mass is 10.1. The van der Waals surface area contributed by atoms with Gasteiger partial charge in [-0.3, -0.25) is 0 Å². The fourth-order valence-corrected chi connectivity index (χ4v) is 2.78. The molecule has 1 aliphatic rings. The number of rotatable bonds is 5. The second-order valence-electron chi connectivity index (χ2n) is 5.58. The molecule has 4 nitrogen and oxygen atoms in total. The number of hydrogen-bond acceptors (Lipinski definition) is 4. The van der Waals surface area contributed by atoms with Crippen LogP contribution in [0, 0.1) is 6.92 Å². The van der Waals surface area contributed by atoms with Crippen molar-refractivity contribution in [1.29, 1.82) is 0 Å². The van der Waals surface area contributed by atoms with Crippen LogP contribution in [0.1, 0.15) is 36.5 Å². The number of anilines is 3. The van der Waals surface area contributed by atoms with Crippen molar-refractivity contribution in [2.24, 2.45) is 0 Å². The van der Waals surface area contributed by atoms with Gasteiger partial charge in [0, 0.05) is 17.8 Å². The van der Waals surface area contributed by atoms with E-state index in [-0.39, 0.29) is 0 Å². The van der Waals surface area contributed by atoms with E-state index in [4.69, 9.17) is 0 Å². The van der Waals surface area contributed by atoms with E-state index in [2.05, 4.69) is 45.7 Å². The number of hydrogen-bond donors (Lipinski definition) is 2. The Kier molecular flexibility index (Phi) is 4.04. The van der Waals surface area contributed by atoms with Crippen LogP contribution in [0.5, 0.6) is 0 Å². The third kappa shape index (κ3) is 2.99. The van der Waals surface area contributed by atoms with Crippen molar-refractivity contribution in [2.45, 2.75) is 39.5 Å². The van der Waals surface area contributed by atoms with Gasteiger partial charge in [0.15, 0.2) is 0 Å². The third-order valence-corrected chi connectivity index (χ3v) is 3.99. The number of fused-ring (bicyclic) bond motifs is 1. The molecule has 0 fully saturated rings. The summed E-state index contributed by atoms with van der Waals surface area (Å²) < 4.78 is 0. The molecule has 0 saturated carbocycles. The van der Waals surface area contributed by atoms with Crippen LogP contribution in [0.15, 0.2) is 24.5 Å². The second kappa shape index (κ2) is 6.12. The Bertz CT molecular complexity index is 637. The molecule has 1 heterocycles. The zero-order valence-electron chi connectivity index (χ0n) is 12.7. The molecule has 0 spiro atoms. The number of nitrogens with zero attached hydrogens (tertiary/aromatic N) is 2. The van der Waals surface area contributed by atoms with E-state index in [0.717, 1.165) is 35.9 Å². The minimum absolute atomic E-state index is 0.876. The summed E-state index contributed by atoms with van der Waals surface area (Å²) in [5.74, 6) is 1.79. The van der Waals surface area contributed by atoms with Gasteiger partial charge in [-0.25, -0.2) is 9.97 Å². The molecule has 1 aliphatic carbocycles. The van der Waals surface area contributed by atoms with E-state index in [1.807, 2.05) is 6.92 Å². The van der Waals surface area contributed by atoms with Crippen molar-refractivity contribution in [1.82, 2.24) is 9.97 Å². The second-order valence-corrected chi connectivity index (χ2v) is 5.58. The third-order valence-electron chi connectivity index (χ3n) is 3.99. The molecular weight excluding hydrogens is 260 g/mol. The molecule has 1 aromatic heterocycles. The lowest BCUT2D eigenvalue weighted by Gasteiger charge is -2.13. The molecule has 21 heavy (non-hydrogen) atoms. The summed E-state index contributed by atoms with van der Waals surface area (Å²) in [5, 5.41) is 6.77. The molecule has 110 valence electrons. The van der Waals surface area contributed by atoms with E-state index >= 15 is 0 Å². The lowest BCUT2D eigenvalue weighted by molar-refractivity contribution is 0.912. The van der Waals surface area contributed by atoms with Gasteiger partial charge >= 0.3 is 0 Å². The summed E-state index contributed by atoms with van der Waals surface area (Å²) in [6.07, 6.45) is 6.37. The summed E-state index contributed by atoms with van der Waals surface area (Å²) in [6.45, 7) is 5.12. The minimum atomic E-state index is 0.876. The molecule has 0 bridgehead atoms. The fourth-order valence-electron chi connectivity index (χ4n) is 2.78. The summed E-state index contributed by atoms with van der Waals surface area (Å²) in [4.78, 5) is 8.69. The predicted molar refractivity (Wildman–Crippen MR) is 87.3 cm³/mol. The number of nitrogens with one attached hydrogen (secondary N) is 2. The molecule has 2 N–H and O–H groups in total. The molecule has 0 unspecified atom stereocenters. The first-order valence-electron chi connectivity index (χ1n) is 7.72. The highest BCUT2D eigenvalue weighted by atomic mass is 15.1. The van der Waals surface area contributed by atoms with Crippen LogP contribution in [-0.2, 0) is 12.8 Å². The quantitative estimate of drug-likeness (QED) is 0.875. The molecule has 0 saturated heterocycles. The van der Waals surface area contributed by atoms with E-state index in [9.17, 15) is 0 Å². The molecule has 2 aromatic rings. The normalized spacial score (nSPS) is 13.0. The SMILES string of the molecule is CCCNc1ncnc(Nc2ccc3c(c2)CCC3)c1C. The average molecular weight is 282 g/mol. The van der Waals surface area contributed by atoms with Crippen molar-refractivity contribution >= 4 is 17.3 Å². The largest absolute Gasteiger partial charge is 0.370 e. The van der Waals surface area contributed by atoms with Crippen LogP contribution in [0.25, 0.3) is 0 Å². The molecule has 0 atom stereocenters. The fraction of sp³-hybridized carbons (Fsp3) is 0.412. The maximum absolute atomic E-state index is 4.37. The first-order valence-corrected chi connectivity index (χ1v) is 7.72. The molecule has 1 aromatic carbocycles. The van der Waals surface area contributed by atoms with Crippen LogP contribution in [0.3, 0.4) is 0 Å². The Morgan fingerprint density at radius 2 is 1.90 bits per heavy atom. The van der Waals surface area contributed by atoms with Gasteiger partial charge in [-0.1, -0.05) is 13.0 Å². The average Bonchev–Trinajstić information content (AvgIpc) is 2.96. The Hall–Kier alpha value is -2.10. The summed E-state index contributed by atoms with van der Waals surface area (Å²) in [6, 6.07) is 6.63. The summed E-state index contributed by atoms with van der Waals surface area (Å²) in [5.41, 5.74) is 5.13. The maximum Gasteiger partial charge on any atom is 0.138 e.